The first-order chi connectivity index (χ1) is 32.2. The normalized spacial score (nSPS) is 11.7. The third kappa shape index (κ3) is 5.78. The van der Waals surface area contributed by atoms with Gasteiger partial charge in [-0.1, -0.05) is 158 Å². The van der Waals surface area contributed by atoms with Crippen molar-refractivity contribution in [1.82, 2.24) is 24.1 Å². The van der Waals surface area contributed by atoms with Gasteiger partial charge in [0.1, 0.15) is 11.2 Å². The summed E-state index contributed by atoms with van der Waals surface area (Å²) in [6, 6.07) is 73.2. The largest absolute Gasteiger partial charge is 0.455 e. The van der Waals surface area contributed by atoms with Gasteiger partial charge >= 0.3 is 0 Å². The topological polar surface area (TPSA) is 85.5 Å². The maximum atomic E-state index is 9.46. The second-order valence-electron chi connectivity index (χ2n) is 16.3. The van der Waals surface area contributed by atoms with Gasteiger partial charge in [-0.05, 0) is 65.2 Å². The lowest BCUT2D eigenvalue weighted by Gasteiger charge is -2.14. The van der Waals surface area contributed by atoms with Crippen LogP contribution in [-0.4, -0.2) is 24.1 Å². The molecule has 0 N–H and O–H groups in total. The Morgan fingerprint density at radius 1 is 0.400 bits per heavy atom. The lowest BCUT2D eigenvalue weighted by Crippen LogP contribution is -2.07. The predicted octanol–water partition coefficient (Wildman–Crippen LogP) is 14.5. The minimum atomic E-state index is 0.509. The molecule has 65 heavy (non-hydrogen) atoms. The summed E-state index contributed by atoms with van der Waals surface area (Å²) in [5.41, 5.74) is 13.3. The fraction of sp³-hybridized carbons (Fsp3) is 0. The van der Waals surface area contributed by atoms with Gasteiger partial charge in [-0.15, -0.1) is 0 Å². The summed E-state index contributed by atoms with van der Waals surface area (Å²) in [6.07, 6.45) is 0. The van der Waals surface area contributed by atoms with E-state index in [9.17, 15) is 5.26 Å². The van der Waals surface area contributed by atoms with Crippen molar-refractivity contribution in [3.05, 3.63) is 212 Å². The molecule has 4 aromatic heterocycles. The molecule has 7 heteroatoms. The number of benzene rings is 9. The molecule has 7 nitrogen and oxygen atoms in total. The van der Waals surface area contributed by atoms with Crippen LogP contribution in [0.2, 0.25) is 0 Å². The van der Waals surface area contributed by atoms with E-state index in [1.807, 2.05) is 84.9 Å². The molecule has 0 bridgehead atoms. The fourth-order valence-corrected chi connectivity index (χ4v) is 9.63. The molecule has 0 aliphatic rings. The number of nitriles is 1. The van der Waals surface area contributed by atoms with Gasteiger partial charge in [-0.2, -0.15) is 15.2 Å². The average Bonchev–Trinajstić information content (AvgIpc) is 4.04. The highest BCUT2D eigenvalue weighted by Crippen LogP contribution is 2.44. The number of para-hydroxylation sites is 3. The van der Waals surface area contributed by atoms with Gasteiger partial charge in [0, 0.05) is 54.7 Å². The van der Waals surface area contributed by atoms with Crippen molar-refractivity contribution in [3.8, 4) is 62.7 Å². The Balaban J connectivity index is 1.14. The minimum Gasteiger partial charge on any atom is -0.455 e. The number of furan rings is 1. The lowest BCUT2D eigenvalue weighted by molar-refractivity contribution is 0.670. The molecule has 0 atom stereocenters. The standard InChI is InChI=1S/C58H34N6O/c59-35-36-26-28-37(29-27-36)40-18-13-19-41(32-40)57-60-56(39-16-5-2-6-17-39)61-58(62-57)64-51-24-11-8-21-44(51)47-31-30-46-43-20-7-10-23-50(43)63(53(46)54(47)64)42-33-48(38-14-3-1-4-15-38)55-49(34-42)45-22-9-12-25-52(45)65-55/h1-34H. The summed E-state index contributed by atoms with van der Waals surface area (Å²) < 4.78 is 11.3. The second-order valence-corrected chi connectivity index (χ2v) is 16.3. The van der Waals surface area contributed by atoms with E-state index in [-0.39, 0.29) is 0 Å². The SMILES string of the molecule is N#Cc1ccc(-c2cccc(-c3nc(-c4ccccc4)nc(-n4c5ccccc5c5ccc6c7ccccc7n(-c7cc(-c8ccccc8)c8oc9ccccc9c8c7)c6c54)n3)c2)cc1. The highest BCUT2D eigenvalue weighted by molar-refractivity contribution is 6.24. The molecule has 9 aromatic carbocycles. The Kier molecular flexibility index (Phi) is 8.14. The third-order valence-electron chi connectivity index (χ3n) is 12.6. The van der Waals surface area contributed by atoms with Crippen LogP contribution in [0, 0.1) is 11.3 Å². The summed E-state index contributed by atoms with van der Waals surface area (Å²) in [5, 5.41) is 16.0. The molecule has 0 saturated heterocycles. The number of rotatable bonds is 6. The number of nitrogens with zero attached hydrogens (tertiary/aromatic N) is 6. The van der Waals surface area contributed by atoms with Crippen molar-refractivity contribution < 1.29 is 4.42 Å². The van der Waals surface area contributed by atoms with Gasteiger partial charge in [0.15, 0.2) is 11.6 Å². The van der Waals surface area contributed by atoms with E-state index in [2.05, 4.69) is 137 Å². The molecular formula is C58H34N6O. The molecule has 0 unspecified atom stereocenters. The first-order valence-corrected chi connectivity index (χ1v) is 21.6. The Morgan fingerprint density at radius 2 is 0.969 bits per heavy atom. The van der Waals surface area contributed by atoms with Crippen LogP contribution in [0.3, 0.4) is 0 Å². The third-order valence-corrected chi connectivity index (χ3v) is 12.6. The highest BCUT2D eigenvalue weighted by Gasteiger charge is 2.25. The predicted molar refractivity (Wildman–Crippen MR) is 262 cm³/mol. The molecule has 0 radical (unpaired) electrons. The minimum absolute atomic E-state index is 0.509. The Labute approximate surface area is 372 Å². The van der Waals surface area contributed by atoms with Crippen molar-refractivity contribution in [2.45, 2.75) is 0 Å². The van der Waals surface area contributed by atoms with E-state index in [4.69, 9.17) is 19.4 Å². The number of fused-ring (bicyclic) bond motifs is 10. The summed E-state index contributed by atoms with van der Waals surface area (Å²) >= 11 is 0. The van der Waals surface area contributed by atoms with Crippen LogP contribution in [0.4, 0.5) is 0 Å². The zero-order chi connectivity index (χ0) is 43.0. The van der Waals surface area contributed by atoms with Crippen molar-refractivity contribution in [3.63, 3.8) is 0 Å². The Morgan fingerprint density at radius 3 is 1.68 bits per heavy atom. The van der Waals surface area contributed by atoms with Crippen LogP contribution < -0.4 is 0 Å². The number of hydrogen-bond acceptors (Lipinski definition) is 5. The van der Waals surface area contributed by atoms with Gasteiger partial charge in [-0.3, -0.25) is 4.57 Å². The van der Waals surface area contributed by atoms with Gasteiger partial charge in [0.25, 0.3) is 0 Å². The van der Waals surface area contributed by atoms with Crippen LogP contribution in [0.1, 0.15) is 5.56 Å². The molecule has 13 rings (SSSR count). The van der Waals surface area contributed by atoms with Crippen LogP contribution in [0.5, 0.6) is 0 Å². The second kappa shape index (κ2) is 14.5. The average molecular weight is 831 g/mol. The first kappa shape index (κ1) is 36.5. The molecule has 302 valence electrons. The van der Waals surface area contributed by atoms with E-state index in [1.54, 1.807) is 0 Å². The molecule has 0 spiro atoms. The quantitative estimate of drug-likeness (QED) is 0.167. The van der Waals surface area contributed by atoms with Gasteiger partial charge in [0.05, 0.1) is 33.7 Å². The van der Waals surface area contributed by atoms with E-state index in [1.165, 1.54) is 0 Å². The smallest absolute Gasteiger partial charge is 0.238 e. The maximum Gasteiger partial charge on any atom is 0.238 e. The summed E-state index contributed by atoms with van der Waals surface area (Å²) in [6.45, 7) is 0. The molecule has 0 fully saturated rings. The zero-order valence-corrected chi connectivity index (χ0v) is 34.7. The molecule has 0 aliphatic heterocycles. The van der Waals surface area contributed by atoms with Gasteiger partial charge in [0.2, 0.25) is 5.95 Å². The van der Waals surface area contributed by atoms with Crippen molar-refractivity contribution in [2.75, 3.05) is 0 Å². The number of aromatic nitrogens is 5. The molecule has 0 saturated carbocycles. The Bertz CT molecular complexity index is 4060. The molecular weight excluding hydrogens is 797 g/mol. The summed E-state index contributed by atoms with van der Waals surface area (Å²) in [4.78, 5) is 15.9. The van der Waals surface area contributed by atoms with Crippen molar-refractivity contribution >= 4 is 65.6 Å². The van der Waals surface area contributed by atoms with Crippen molar-refractivity contribution in [1.29, 1.82) is 5.26 Å². The summed E-state index contributed by atoms with van der Waals surface area (Å²) in [5.74, 6) is 1.62. The molecule has 13 aromatic rings. The Hall–Kier alpha value is -9.12. The molecule has 0 amide bonds. The van der Waals surface area contributed by atoms with E-state index >= 15 is 0 Å². The van der Waals surface area contributed by atoms with Gasteiger partial charge in [-0.25, -0.2) is 4.98 Å². The van der Waals surface area contributed by atoms with Crippen molar-refractivity contribution in [2.24, 2.45) is 0 Å². The van der Waals surface area contributed by atoms with Crippen LogP contribution in [-0.2, 0) is 0 Å². The monoisotopic (exact) mass is 830 g/mol. The van der Waals surface area contributed by atoms with Gasteiger partial charge < -0.3 is 8.98 Å². The molecule has 4 heterocycles. The fourth-order valence-electron chi connectivity index (χ4n) is 9.63. The molecule has 0 aliphatic carbocycles. The van der Waals surface area contributed by atoms with Crippen LogP contribution in [0.25, 0.3) is 122 Å². The lowest BCUT2D eigenvalue weighted by atomic mass is 10.0. The van der Waals surface area contributed by atoms with Crippen LogP contribution >= 0.6 is 0 Å². The highest BCUT2D eigenvalue weighted by atomic mass is 16.3. The number of hydrogen-bond donors (Lipinski definition) is 0. The zero-order valence-electron chi connectivity index (χ0n) is 34.7. The summed E-state index contributed by atoms with van der Waals surface area (Å²) in [7, 11) is 0. The first-order valence-electron chi connectivity index (χ1n) is 21.6. The van der Waals surface area contributed by atoms with Crippen LogP contribution in [0.15, 0.2) is 211 Å². The van der Waals surface area contributed by atoms with E-state index < -0.39 is 0 Å². The van der Waals surface area contributed by atoms with E-state index in [0.29, 0.717) is 23.2 Å². The van der Waals surface area contributed by atoms with E-state index in [0.717, 1.165) is 105 Å². The maximum absolute atomic E-state index is 9.46.